The van der Waals surface area contributed by atoms with E-state index in [1.54, 1.807) is 0 Å². The van der Waals surface area contributed by atoms with E-state index in [0.29, 0.717) is 0 Å². The van der Waals surface area contributed by atoms with Gasteiger partial charge in [-0.15, -0.1) is 0 Å². The molecule has 0 saturated heterocycles. The largest absolute Gasteiger partial charge is 0.388 e. The molecule has 3 rings (SSSR count). The van der Waals surface area contributed by atoms with E-state index in [-0.39, 0.29) is 0 Å². The average Bonchev–Trinajstić information content (AvgIpc) is 2.46. The number of anilines is 1. The molecular weight excluding hydrogens is 220 g/mol. The maximum absolute atomic E-state index is 4.73. The summed E-state index contributed by atoms with van der Waals surface area (Å²) in [4.78, 5) is 4.73. The van der Waals surface area contributed by atoms with Crippen LogP contribution in [0.4, 0.5) is 5.69 Å². The summed E-state index contributed by atoms with van der Waals surface area (Å²) in [6.07, 6.45) is 1.04. The van der Waals surface area contributed by atoms with Gasteiger partial charge in [0.25, 0.3) is 0 Å². The first-order chi connectivity index (χ1) is 8.90. The summed E-state index contributed by atoms with van der Waals surface area (Å²) < 4.78 is 0. The van der Waals surface area contributed by atoms with Crippen molar-refractivity contribution >= 4 is 11.4 Å². The van der Waals surface area contributed by atoms with E-state index >= 15 is 0 Å². The van der Waals surface area contributed by atoms with Crippen molar-refractivity contribution in [3.05, 3.63) is 65.2 Å². The molecule has 0 bridgehead atoms. The number of rotatable bonds is 2. The van der Waals surface area contributed by atoms with Crippen LogP contribution in [0.3, 0.4) is 0 Å². The second kappa shape index (κ2) is 4.65. The molecule has 18 heavy (non-hydrogen) atoms. The molecule has 0 atom stereocenters. The highest BCUT2D eigenvalue weighted by molar-refractivity contribution is 6.17. The van der Waals surface area contributed by atoms with Crippen molar-refractivity contribution in [3.63, 3.8) is 0 Å². The van der Waals surface area contributed by atoms with Crippen LogP contribution in [0.1, 0.15) is 16.7 Å². The molecule has 0 spiro atoms. The Morgan fingerprint density at radius 1 is 0.944 bits per heavy atom. The lowest BCUT2D eigenvalue weighted by molar-refractivity contribution is 0.944. The van der Waals surface area contributed by atoms with Crippen molar-refractivity contribution in [3.8, 4) is 0 Å². The number of nitrogens with zero attached hydrogens (tertiary/aromatic N) is 1. The average molecular weight is 236 g/mol. The monoisotopic (exact) mass is 236 g/mol. The number of aliphatic imine (C=N–C) groups is 1. The summed E-state index contributed by atoms with van der Waals surface area (Å²) in [6, 6.07) is 16.9. The summed E-state index contributed by atoms with van der Waals surface area (Å²) in [5, 5.41) is 3.24. The quantitative estimate of drug-likeness (QED) is 0.851. The van der Waals surface area contributed by atoms with E-state index in [9.17, 15) is 0 Å². The summed E-state index contributed by atoms with van der Waals surface area (Å²) >= 11 is 0. The maximum atomic E-state index is 4.73. The van der Waals surface area contributed by atoms with Crippen LogP contribution < -0.4 is 5.32 Å². The van der Waals surface area contributed by atoms with Gasteiger partial charge in [0.05, 0.1) is 5.71 Å². The van der Waals surface area contributed by atoms with Gasteiger partial charge in [-0.1, -0.05) is 42.5 Å². The van der Waals surface area contributed by atoms with E-state index < -0.39 is 0 Å². The maximum Gasteiger partial charge on any atom is 0.0742 e. The Morgan fingerprint density at radius 3 is 2.50 bits per heavy atom. The number of hydrogen-bond acceptors (Lipinski definition) is 2. The minimum absolute atomic E-state index is 0.879. The fourth-order valence-electron chi connectivity index (χ4n) is 2.48. The molecule has 0 saturated carbocycles. The van der Waals surface area contributed by atoms with Gasteiger partial charge in [-0.2, -0.15) is 0 Å². The molecule has 0 amide bonds. The minimum atomic E-state index is 0.879. The number of hydrogen-bond donors (Lipinski definition) is 1. The molecule has 2 aromatic carbocycles. The Balaban J connectivity index is 2.15. The van der Waals surface area contributed by atoms with Gasteiger partial charge in [-0.25, -0.2) is 0 Å². The molecule has 1 heterocycles. The highest BCUT2D eigenvalue weighted by Gasteiger charge is 2.16. The van der Waals surface area contributed by atoms with E-state index in [2.05, 4.69) is 47.8 Å². The first-order valence-corrected chi connectivity index (χ1v) is 6.30. The zero-order valence-corrected chi connectivity index (χ0v) is 10.5. The second-order valence-electron chi connectivity index (χ2n) is 4.43. The smallest absolute Gasteiger partial charge is 0.0742 e. The summed E-state index contributed by atoms with van der Waals surface area (Å²) in [6.45, 7) is 0.879. The van der Waals surface area contributed by atoms with E-state index in [4.69, 9.17) is 4.99 Å². The van der Waals surface area contributed by atoms with Crippen molar-refractivity contribution in [2.75, 3.05) is 18.9 Å². The molecule has 0 aliphatic carbocycles. The third-order valence-corrected chi connectivity index (χ3v) is 3.38. The molecule has 0 aromatic heterocycles. The number of benzene rings is 2. The third-order valence-electron chi connectivity index (χ3n) is 3.38. The summed E-state index contributed by atoms with van der Waals surface area (Å²) in [7, 11) is 1.95. The van der Waals surface area contributed by atoms with Crippen molar-refractivity contribution in [1.82, 2.24) is 0 Å². The van der Waals surface area contributed by atoms with Crippen LogP contribution in [0.25, 0.3) is 0 Å². The van der Waals surface area contributed by atoms with Crippen molar-refractivity contribution in [2.24, 2.45) is 4.99 Å². The molecule has 90 valence electrons. The predicted molar refractivity (Wildman–Crippen MR) is 76.6 cm³/mol. The second-order valence-corrected chi connectivity index (χ2v) is 4.43. The lowest BCUT2D eigenvalue weighted by atomic mass is 9.92. The van der Waals surface area contributed by atoms with Crippen LogP contribution in [0, 0.1) is 0 Å². The van der Waals surface area contributed by atoms with Crippen LogP contribution in [-0.4, -0.2) is 19.3 Å². The highest BCUT2D eigenvalue weighted by Crippen LogP contribution is 2.24. The first-order valence-electron chi connectivity index (χ1n) is 6.30. The molecule has 0 unspecified atom stereocenters. The van der Waals surface area contributed by atoms with Gasteiger partial charge in [0.2, 0.25) is 0 Å². The van der Waals surface area contributed by atoms with Crippen molar-refractivity contribution in [1.29, 1.82) is 0 Å². The Kier molecular flexibility index (Phi) is 2.85. The SMILES string of the molecule is CNc1ccccc1C1=NCCc2ccccc21. The summed E-state index contributed by atoms with van der Waals surface area (Å²) in [5.41, 5.74) is 6.10. The fourth-order valence-corrected chi connectivity index (χ4v) is 2.48. The molecular formula is C16H16N2. The van der Waals surface area contributed by atoms with Gasteiger partial charge in [-0.05, 0) is 18.1 Å². The molecule has 2 nitrogen and oxygen atoms in total. The molecule has 0 radical (unpaired) electrons. The normalized spacial score (nSPS) is 13.7. The minimum Gasteiger partial charge on any atom is -0.388 e. The molecule has 0 fully saturated rings. The van der Waals surface area contributed by atoms with Crippen LogP contribution in [-0.2, 0) is 6.42 Å². The zero-order chi connectivity index (χ0) is 12.4. The molecule has 2 heteroatoms. The highest BCUT2D eigenvalue weighted by atomic mass is 14.8. The van der Waals surface area contributed by atoms with Gasteiger partial charge < -0.3 is 5.32 Å². The molecule has 1 N–H and O–H groups in total. The Morgan fingerprint density at radius 2 is 1.67 bits per heavy atom. The first kappa shape index (κ1) is 11.0. The molecule has 1 aliphatic rings. The standard InChI is InChI=1S/C16H16N2/c1-17-15-9-5-4-8-14(15)16-13-7-3-2-6-12(13)10-11-18-16/h2-9,17H,10-11H2,1H3. The predicted octanol–water partition coefficient (Wildman–Crippen LogP) is 3.12. The van der Waals surface area contributed by atoms with Crippen molar-refractivity contribution in [2.45, 2.75) is 6.42 Å². The fraction of sp³-hybridized carbons (Fsp3) is 0.188. The van der Waals surface area contributed by atoms with E-state index in [0.717, 1.165) is 24.4 Å². The third kappa shape index (κ3) is 1.80. The van der Waals surface area contributed by atoms with Crippen LogP contribution in [0.2, 0.25) is 0 Å². The summed E-state index contributed by atoms with van der Waals surface area (Å²) in [5.74, 6) is 0. The Hall–Kier alpha value is -2.09. The molecule has 1 aliphatic heterocycles. The lowest BCUT2D eigenvalue weighted by Crippen LogP contribution is -2.15. The van der Waals surface area contributed by atoms with Gasteiger partial charge >= 0.3 is 0 Å². The van der Waals surface area contributed by atoms with Crippen LogP contribution >= 0.6 is 0 Å². The van der Waals surface area contributed by atoms with Gasteiger partial charge in [0.15, 0.2) is 0 Å². The van der Waals surface area contributed by atoms with Crippen LogP contribution in [0.5, 0.6) is 0 Å². The van der Waals surface area contributed by atoms with Gasteiger partial charge in [-0.3, -0.25) is 4.99 Å². The van der Waals surface area contributed by atoms with Gasteiger partial charge in [0.1, 0.15) is 0 Å². The molecule has 2 aromatic rings. The lowest BCUT2D eigenvalue weighted by Gasteiger charge is -2.19. The zero-order valence-electron chi connectivity index (χ0n) is 10.5. The van der Waals surface area contributed by atoms with Gasteiger partial charge in [0, 0.05) is 30.4 Å². The number of para-hydroxylation sites is 1. The van der Waals surface area contributed by atoms with E-state index in [1.165, 1.54) is 16.7 Å². The van der Waals surface area contributed by atoms with Crippen molar-refractivity contribution < 1.29 is 0 Å². The Bertz CT molecular complexity index is 600. The number of nitrogens with one attached hydrogen (secondary N) is 1. The number of fused-ring (bicyclic) bond motifs is 1. The topological polar surface area (TPSA) is 24.4 Å². The van der Waals surface area contributed by atoms with Crippen LogP contribution in [0.15, 0.2) is 53.5 Å². The van der Waals surface area contributed by atoms with E-state index in [1.807, 2.05) is 13.1 Å². The Labute approximate surface area is 107 Å².